The lowest BCUT2D eigenvalue weighted by molar-refractivity contribution is 0.839. The summed E-state index contributed by atoms with van der Waals surface area (Å²) in [5, 5.41) is 0.187. The first-order valence-corrected chi connectivity index (χ1v) is 6.13. The zero-order valence-corrected chi connectivity index (χ0v) is 11.8. The summed E-state index contributed by atoms with van der Waals surface area (Å²) in [4.78, 5) is 20.3. The Bertz CT molecular complexity index is 545. The molecule has 0 radical (unpaired) electrons. The van der Waals surface area contributed by atoms with E-state index < -0.39 is 0 Å². The molecule has 0 saturated heterocycles. The zero-order chi connectivity index (χ0) is 13.8. The molecule has 0 N–H and O–H groups in total. The Morgan fingerprint density at radius 3 is 2.47 bits per heavy atom. The molecule has 2 rings (SSSR count). The van der Waals surface area contributed by atoms with E-state index in [1.807, 2.05) is 44.4 Å². The normalized spacial score (nSPS) is 10.3. The molecule has 100 valence electrons. The molecular formula is C12H15ClN6. The Balaban J connectivity index is 2.21. The third kappa shape index (κ3) is 3.51. The van der Waals surface area contributed by atoms with E-state index in [0.717, 1.165) is 5.56 Å². The first-order chi connectivity index (χ1) is 9.06. The van der Waals surface area contributed by atoms with Gasteiger partial charge in [0.2, 0.25) is 17.2 Å². The minimum Gasteiger partial charge on any atom is -0.347 e. The van der Waals surface area contributed by atoms with Crippen LogP contribution in [-0.2, 0) is 6.54 Å². The van der Waals surface area contributed by atoms with Gasteiger partial charge >= 0.3 is 0 Å². The third-order valence-corrected chi connectivity index (χ3v) is 2.64. The molecule has 2 aromatic heterocycles. The summed E-state index contributed by atoms with van der Waals surface area (Å²) in [6, 6.07) is 3.90. The van der Waals surface area contributed by atoms with Crippen LogP contribution < -0.4 is 9.80 Å². The van der Waals surface area contributed by atoms with Crippen molar-refractivity contribution in [1.82, 2.24) is 19.9 Å². The van der Waals surface area contributed by atoms with Gasteiger partial charge in [-0.05, 0) is 23.2 Å². The topological polar surface area (TPSA) is 58.0 Å². The number of hydrogen-bond donors (Lipinski definition) is 0. The maximum Gasteiger partial charge on any atom is 0.231 e. The molecule has 2 aromatic rings. The van der Waals surface area contributed by atoms with Crippen molar-refractivity contribution in [3.8, 4) is 0 Å². The van der Waals surface area contributed by atoms with Crippen molar-refractivity contribution in [2.24, 2.45) is 0 Å². The molecule has 6 nitrogen and oxygen atoms in total. The fourth-order valence-electron chi connectivity index (χ4n) is 1.54. The summed E-state index contributed by atoms with van der Waals surface area (Å²) in [7, 11) is 5.62. The summed E-state index contributed by atoms with van der Waals surface area (Å²) in [5.74, 6) is 1.07. The van der Waals surface area contributed by atoms with E-state index in [2.05, 4.69) is 19.9 Å². The number of halogens is 1. The number of pyridine rings is 1. The van der Waals surface area contributed by atoms with Gasteiger partial charge in [-0.15, -0.1) is 0 Å². The molecule has 0 atom stereocenters. The molecular weight excluding hydrogens is 264 g/mol. The number of hydrogen-bond acceptors (Lipinski definition) is 6. The van der Waals surface area contributed by atoms with Crippen LogP contribution in [0.25, 0.3) is 0 Å². The minimum absolute atomic E-state index is 0.187. The zero-order valence-electron chi connectivity index (χ0n) is 11.1. The quantitative estimate of drug-likeness (QED) is 0.847. The first kappa shape index (κ1) is 13.5. The summed E-state index contributed by atoms with van der Waals surface area (Å²) < 4.78 is 0. The molecule has 0 saturated carbocycles. The van der Waals surface area contributed by atoms with E-state index >= 15 is 0 Å². The van der Waals surface area contributed by atoms with Gasteiger partial charge < -0.3 is 9.80 Å². The van der Waals surface area contributed by atoms with Crippen LogP contribution in [0.2, 0.25) is 5.28 Å². The molecule has 0 aliphatic heterocycles. The van der Waals surface area contributed by atoms with Crippen LogP contribution in [0.1, 0.15) is 5.56 Å². The highest BCUT2D eigenvalue weighted by Gasteiger charge is 2.11. The summed E-state index contributed by atoms with van der Waals surface area (Å²) in [6.07, 6.45) is 3.56. The van der Waals surface area contributed by atoms with Gasteiger partial charge in [0.05, 0.1) is 0 Å². The van der Waals surface area contributed by atoms with E-state index in [9.17, 15) is 0 Å². The average Bonchev–Trinajstić information content (AvgIpc) is 2.39. The van der Waals surface area contributed by atoms with Gasteiger partial charge in [-0.2, -0.15) is 15.0 Å². The Morgan fingerprint density at radius 1 is 1.11 bits per heavy atom. The number of aromatic nitrogens is 4. The van der Waals surface area contributed by atoms with Gasteiger partial charge in [0.15, 0.2) is 0 Å². The highest BCUT2D eigenvalue weighted by Crippen LogP contribution is 2.15. The summed E-state index contributed by atoms with van der Waals surface area (Å²) in [5.41, 5.74) is 1.08. The van der Waals surface area contributed by atoms with E-state index in [4.69, 9.17) is 11.6 Å². The number of nitrogens with zero attached hydrogens (tertiary/aromatic N) is 6. The van der Waals surface area contributed by atoms with Crippen LogP contribution in [0.4, 0.5) is 11.9 Å². The number of anilines is 2. The average molecular weight is 279 g/mol. The predicted octanol–water partition coefficient (Wildman–Crippen LogP) is 1.62. The van der Waals surface area contributed by atoms with Crippen molar-refractivity contribution >= 4 is 23.5 Å². The Kier molecular flexibility index (Phi) is 4.11. The van der Waals surface area contributed by atoms with Gasteiger partial charge in [-0.3, -0.25) is 4.98 Å². The highest BCUT2D eigenvalue weighted by molar-refractivity contribution is 6.28. The largest absolute Gasteiger partial charge is 0.347 e. The lowest BCUT2D eigenvalue weighted by Gasteiger charge is -2.18. The van der Waals surface area contributed by atoms with Gasteiger partial charge in [0.1, 0.15) is 0 Å². The van der Waals surface area contributed by atoms with E-state index in [1.54, 1.807) is 11.1 Å². The first-order valence-electron chi connectivity index (χ1n) is 5.75. The third-order valence-electron chi connectivity index (χ3n) is 2.47. The van der Waals surface area contributed by atoms with Gasteiger partial charge in [-0.1, -0.05) is 6.07 Å². The molecule has 0 bridgehead atoms. The fourth-order valence-corrected chi connectivity index (χ4v) is 1.69. The molecule has 0 unspecified atom stereocenters. The maximum absolute atomic E-state index is 5.91. The van der Waals surface area contributed by atoms with Crippen molar-refractivity contribution in [2.45, 2.75) is 6.54 Å². The molecule has 0 aromatic carbocycles. The van der Waals surface area contributed by atoms with Crippen molar-refractivity contribution in [3.63, 3.8) is 0 Å². The molecule has 0 amide bonds. The van der Waals surface area contributed by atoms with Crippen LogP contribution in [0.5, 0.6) is 0 Å². The van der Waals surface area contributed by atoms with Crippen LogP contribution in [0, 0.1) is 0 Å². The van der Waals surface area contributed by atoms with Crippen molar-refractivity contribution < 1.29 is 0 Å². The Morgan fingerprint density at radius 2 is 1.84 bits per heavy atom. The van der Waals surface area contributed by atoms with Crippen molar-refractivity contribution in [3.05, 3.63) is 35.4 Å². The molecule has 0 spiro atoms. The van der Waals surface area contributed by atoms with Gasteiger partial charge in [0, 0.05) is 40.1 Å². The molecule has 0 aliphatic carbocycles. The minimum atomic E-state index is 0.187. The fraction of sp³-hybridized carbons (Fsp3) is 0.333. The standard InChI is InChI=1S/C12H15ClN6/c1-18(2)11-15-10(13)16-12(17-11)19(3)8-9-5-4-6-14-7-9/h4-7H,8H2,1-3H3. The summed E-state index contributed by atoms with van der Waals surface area (Å²) in [6.45, 7) is 0.654. The van der Waals surface area contributed by atoms with E-state index in [0.29, 0.717) is 18.4 Å². The summed E-state index contributed by atoms with van der Waals surface area (Å²) >= 11 is 5.91. The Labute approximate surface area is 117 Å². The molecule has 7 heteroatoms. The Hall–Kier alpha value is -1.95. The van der Waals surface area contributed by atoms with Crippen molar-refractivity contribution in [1.29, 1.82) is 0 Å². The molecule has 2 heterocycles. The maximum atomic E-state index is 5.91. The SMILES string of the molecule is CN(C)c1nc(Cl)nc(N(C)Cc2cccnc2)n1. The molecule has 19 heavy (non-hydrogen) atoms. The smallest absolute Gasteiger partial charge is 0.231 e. The van der Waals surface area contributed by atoms with Gasteiger partial charge in [-0.25, -0.2) is 0 Å². The van der Waals surface area contributed by atoms with Crippen LogP contribution in [0.3, 0.4) is 0 Å². The van der Waals surface area contributed by atoms with Crippen LogP contribution in [-0.4, -0.2) is 41.1 Å². The highest BCUT2D eigenvalue weighted by atomic mass is 35.5. The van der Waals surface area contributed by atoms with E-state index in [-0.39, 0.29) is 5.28 Å². The van der Waals surface area contributed by atoms with Crippen LogP contribution >= 0.6 is 11.6 Å². The monoisotopic (exact) mass is 278 g/mol. The van der Waals surface area contributed by atoms with Crippen LogP contribution in [0.15, 0.2) is 24.5 Å². The van der Waals surface area contributed by atoms with Crippen molar-refractivity contribution in [2.75, 3.05) is 30.9 Å². The lowest BCUT2D eigenvalue weighted by atomic mass is 10.3. The second-order valence-corrected chi connectivity index (χ2v) is 4.65. The molecule has 0 fully saturated rings. The predicted molar refractivity (Wildman–Crippen MR) is 75.5 cm³/mol. The molecule has 0 aliphatic rings. The van der Waals surface area contributed by atoms with E-state index in [1.165, 1.54) is 0 Å². The second-order valence-electron chi connectivity index (χ2n) is 4.32. The second kappa shape index (κ2) is 5.79. The number of rotatable bonds is 4. The van der Waals surface area contributed by atoms with Gasteiger partial charge in [0.25, 0.3) is 0 Å². The lowest BCUT2D eigenvalue weighted by Crippen LogP contribution is -2.22.